The van der Waals surface area contributed by atoms with Crippen molar-refractivity contribution in [1.29, 1.82) is 0 Å². The minimum absolute atomic E-state index is 0.189. The van der Waals surface area contributed by atoms with Crippen LogP contribution in [0.2, 0.25) is 5.02 Å². The number of anilines is 1. The standard InChI is InChI=1S/C23H29ClFN3O2/c1-30-22-14-20(24)21(26)13-19(22)23(29)27-15-17-8-11-28(12-9-17)10-2-3-16-4-6-18(25)7-5-16/h4-7,13-14,17H,2-3,8-12,15,26H2,1H3,(H,27,29). The highest BCUT2D eigenvalue weighted by atomic mass is 35.5. The maximum Gasteiger partial charge on any atom is 0.255 e. The van der Waals surface area contributed by atoms with E-state index in [9.17, 15) is 9.18 Å². The molecule has 0 unspecified atom stereocenters. The molecule has 1 aliphatic rings. The topological polar surface area (TPSA) is 67.6 Å². The van der Waals surface area contributed by atoms with Crippen molar-refractivity contribution in [1.82, 2.24) is 10.2 Å². The first kappa shape index (κ1) is 22.4. The Morgan fingerprint density at radius 2 is 1.97 bits per heavy atom. The number of nitrogen functional groups attached to an aromatic ring is 1. The Labute approximate surface area is 182 Å². The van der Waals surface area contributed by atoms with Gasteiger partial charge < -0.3 is 20.7 Å². The number of amides is 1. The molecule has 1 aliphatic heterocycles. The van der Waals surface area contributed by atoms with Crippen LogP contribution in [0.4, 0.5) is 10.1 Å². The van der Waals surface area contributed by atoms with E-state index in [0.717, 1.165) is 45.3 Å². The van der Waals surface area contributed by atoms with Gasteiger partial charge in [0.2, 0.25) is 0 Å². The second-order valence-electron chi connectivity index (χ2n) is 7.80. The van der Waals surface area contributed by atoms with Crippen LogP contribution < -0.4 is 15.8 Å². The average Bonchev–Trinajstić information content (AvgIpc) is 2.76. The monoisotopic (exact) mass is 433 g/mol. The Bertz CT molecular complexity index is 852. The molecular weight excluding hydrogens is 405 g/mol. The number of aryl methyl sites for hydroxylation is 1. The Kier molecular flexibility index (Phi) is 7.94. The Morgan fingerprint density at radius 3 is 2.63 bits per heavy atom. The fourth-order valence-electron chi connectivity index (χ4n) is 3.82. The van der Waals surface area contributed by atoms with Crippen LogP contribution in [0.3, 0.4) is 0 Å². The normalized spacial score (nSPS) is 15.2. The Balaban J connectivity index is 1.39. The third kappa shape index (κ3) is 6.09. The number of ether oxygens (including phenoxy) is 1. The molecule has 0 spiro atoms. The van der Waals surface area contributed by atoms with Gasteiger partial charge in [0.1, 0.15) is 11.6 Å². The van der Waals surface area contributed by atoms with E-state index >= 15 is 0 Å². The maximum atomic E-state index is 13.0. The first-order valence-corrected chi connectivity index (χ1v) is 10.7. The van der Waals surface area contributed by atoms with Gasteiger partial charge in [0.05, 0.1) is 23.4 Å². The van der Waals surface area contributed by atoms with E-state index in [1.807, 2.05) is 12.1 Å². The van der Waals surface area contributed by atoms with E-state index in [1.165, 1.54) is 24.8 Å². The third-order valence-corrected chi connectivity index (χ3v) is 6.00. The maximum absolute atomic E-state index is 13.0. The number of nitrogens with one attached hydrogen (secondary N) is 1. The number of hydrogen-bond donors (Lipinski definition) is 2. The van der Waals surface area contributed by atoms with Gasteiger partial charge in [-0.15, -0.1) is 0 Å². The van der Waals surface area contributed by atoms with Crippen LogP contribution in [-0.2, 0) is 6.42 Å². The van der Waals surface area contributed by atoms with Gasteiger partial charge in [-0.2, -0.15) is 0 Å². The summed E-state index contributed by atoms with van der Waals surface area (Å²) in [6.45, 7) is 3.73. The zero-order valence-corrected chi connectivity index (χ0v) is 18.1. The lowest BCUT2D eigenvalue weighted by Crippen LogP contribution is -2.39. The van der Waals surface area contributed by atoms with Crippen molar-refractivity contribution in [2.45, 2.75) is 25.7 Å². The van der Waals surface area contributed by atoms with Crippen molar-refractivity contribution in [2.24, 2.45) is 5.92 Å². The summed E-state index contributed by atoms with van der Waals surface area (Å²) < 4.78 is 18.2. The van der Waals surface area contributed by atoms with Gasteiger partial charge in [-0.1, -0.05) is 23.7 Å². The van der Waals surface area contributed by atoms with Gasteiger partial charge in [0.25, 0.3) is 5.91 Å². The van der Waals surface area contributed by atoms with Gasteiger partial charge >= 0.3 is 0 Å². The highest BCUT2D eigenvalue weighted by Gasteiger charge is 2.21. The van der Waals surface area contributed by atoms with Crippen molar-refractivity contribution < 1.29 is 13.9 Å². The highest BCUT2D eigenvalue weighted by molar-refractivity contribution is 6.33. The molecule has 2 aromatic rings. The molecule has 0 aromatic heterocycles. The van der Waals surface area contributed by atoms with Crippen molar-refractivity contribution in [3.8, 4) is 5.75 Å². The van der Waals surface area contributed by atoms with E-state index in [0.29, 0.717) is 34.5 Å². The summed E-state index contributed by atoms with van der Waals surface area (Å²) in [4.78, 5) is 15.0. The molecule has 5 nitrogen and oxygen atoms in total. The predicted molar refractivity (Wildman–Crippen MR) is 119 cm³/mol. The first-order chi connectivity index (χ1) is 14.5. The predicted octanol–water partition coefficient (Wildman–Crippen LogP) is 4.14. The molecule has 0 radical (unpaired) electrons. The number of nitrogens with zero attached hydrogens (tertiary/aromatic N) is 1. The minimum Gasteiger partial charge on any atom is -0.496 e. The molecule has 2 aromatic carbocycles. The van der Waals surface area contributed by atoms with E-state index in [4.69, 9.17) is 22.1 Å². The molecule has 1 heterocycles. The summed E-state index contributed by atoms with van der Waals surface area (Å²) in [6, 6.07) is 9.86. The number of likely N-dealkylation sites (tertiary alicyclic amines) is 1. The Morgan fingerprint density at radius 1 is 1.27 bits per heavy atom. The van der Waals surface area contributed by atoms with Crippen LogP contribution in [0.25, 0.3) is 0 Å². The molecule has 7 heteroatoms. The molecule has 0 aliphatic carbocycles. The number of nitrogens with two attached hydrogens (primary N) is 1. The summed E-state index contributed by atoms with van der Waals surface area (Å²) in [6.07, 6.45) is 4.13. The van der Waals surface area contributed by atoms with Gasteiger partial charge in [-0.3, -0.25) is 4.79 Å². The fourth-order valence-corrected chi connectivity index (χ4v) is 3.98. The summed E-state index contributed by atoms with van der Waals surface area (Å²) in [7, 11) is 1.50. The lowest BCUT2D eigenvalue weighted by Gasteiger charge is -2.32. The van der Waals surface area contributed by atoms with E-state index < -0.39 is 0 Å². The number of carbonyl (C=O) groups is 1. The first-order valence-electron chi connectivity index (χ1n) is 10.3. The number of methoxy groups -OCH3 is 1. The molecule has 0 atom stereocenters. The van der Waals surface area contributed by atoms with Crippen LogP contribution in [0.5, 0.6) is 5.75 Å². The summed E-state index contributed by atoms with van der Waals surface area (Å²) in [5.74, 6) is 0.489. The zero-order chi connectivity index (χ0) is 21.5. The van der Waals surface area contributed by atoms with E-state index in [1.54, 1.807) is 12.1 Å². The van der Waals surface area contributed by atoms with E-state index in [2.05, 4.69) is 10.2 Å². The number of carbonyl (C=O) groups excluding carboxylic acids is 1. The number of halogens is 2. The second-order valence-corrected chi connectivity index (χ2v) is 8.21. The summed E-state index contributed by atoms with van der Waals surface area (Å²) in [5.41, 5.74) is 7.76. The zero-order valence-electron chi connectivity index (χ0n) is 17.3. The number of piperidine rings is 1. The van der Waals surface area contributed by atoms with Crippen LogP contribution in [0.15, 0.2) is 36.4 Å². The molecule has 3 rings (SSSR count). The van der Waals surface area contributed by atoms with Crippen molar-refractivity contribution in [3.05, 3.63) is 58.4 Å². The Hall–Kier alpha value is -2.31. The molecule has 0 bridgehead atoms. The van der Waals surface area contributed by atoms with Crippen LogP contribution in [0, 0.1) is 11.7 Å². The lowest BCUT2D eigenvalue weighted by atomic mass is 9.96. The quantitative estimate of drug-likeness (QED) is 0.614. The van der Waals surface area contributed by atoms with Crippen molar-refractivity contribution >= 4 is 23.2 Å². The van der Waals surface area contributed by atoms with Gasteiger partial charge in [-0.25, -0.2) is 4.39 Å². The SMILES string of the molecule is COc1cc(Cl)c(N)cc1C(=O)NCC1CCN(CCCc2ccc(F)cc2)CC1. The molecular formula is C23H29ClFN3O2. The molecule has 1 amide bonds. The summed E-state index contributed by atoms with van der Waals surface area (Å²) >= 11 is 6.00. The van der Waals surface area contributed by atoms with Crippen molar-refractivity contribution in [2.75, 3.05) is 39.0 Å². The fraction of sp³-hybridized carbons (Fsp3) is 0.435. The number of rotatable bonds is 8. The lowest BCUT2D eigenvalue weighted by molar-refractivity contribution is 0.0933. The third-order valence-electron chi connectivity index (χ3n) is 5.67. The molecule has 3 N–H and O–H groups in total. The largest absolute Gasteiger partial charge is 0.496 e. The van der Waals surface area contributed by atoms with Gasteiger partial charge in [0.15, 0.2) is 0 Å². The number of hydrogen-bond acceptors (Lipinski definition) is 4. The van der Waals surface area contributed by atoms with Crippen LogP contribution >= 0.6 is 11.6 Å². The average molecular weight is 434 g/mol. The molecule has 0 saturated carbocycles. The molecule has 1 saturated heterocycles. The second kappa shape index (κ2) is 10.6. The smallest absolute Gasteiger partial charge is 0.255 e. The van der Waals surface area contributed by atoms with E-state index in [-0.39, 0.29) is 11.7 Å². The number of benzene rings is 2. The van der Waals surface area contributed by atoms with Crippen LogP contribution in [-0.4, -0.2) is 44.1 Å². The molecule has 1 fully saturated rings. The van der Waals surface area contributed by atoms with Crippen LogP contribution in [0.1, 0.15) is 35.2 Å². The molecule has 30 heavy (non-hydrogen) atoms. The van der Waals surface area contributed by atoms with Gasteiger partial charge in [-0.05, 0) is 75.0 Å². The van der Waals surface area contributed by atoms with Crippen molar-refractivity contribution in [3.63, 3.8) is 0 Å². The van der Waals surface area contributed by atoms with Gasteiger partial charge in [0, 0.05) is 12.6 Å². The molecule has 162 valence electrons. The summed E-state index contributed by atoms with van der Waals surface area (Å²) in [5, 5.41) is 3.38. The highest BCUT2D eigenvalue weighted by Crippen LogP contribution is 2.29. The minimum atomic E-state index is -0.197.